The Bertz CT molecular complexity index is 591. The van der Waals surface area contributed by atoms with Crippen molar-refractivity contribution in [1.82, 2.24) is 0 Å². The monoisotopic (exact) mass is 266 g/mol. The lowest BCUT2D eigenvalue weighted by Gasteiger charge is -2.18. The van der Waals surface area contributed by atoms with Crippen LogP contribution in [0.4, 0.5) is 0 Å². The summed E-state index contributed by atoms with van der Waals surface area (Å²) in [6, 6.07) is 14.4. The molecular weight excluding hydrogens is 244 g/mol. The van der Waals surface area contributed by atoms with Crippen molar-refractivity contribution in [3.05, 3.63) is 48.0 Å². The molecule has 0 aliphatic heterocycles. The molecule has 0 amide bonds. The molecule has 0 saturated heterocycles. The third kappa shape index (κ3) is 2.92. The van der Waals surface area contributed by atoms with E-state index in [4.69, 9.17) is 0 Å². The van der Waals surface area contributed by atoms with Crippen molar-refractivity contribution in [2.45, 2.75) is 44.9 Å². The van der Waals surface area contributed by atoms with E-state index in [-0.39, 0.29) is 5.92 Å². The summed E-state index contributed by atoms with van der Waals surface area (Å²) in [6.07, 6.45) is 8.51. The highest BCUT2D eigenvalue weighted by molar-refractivity contribution is 6.01. The van der Waals surface area contributed by atoms with Gasteiger partial charge in [0.15, 0.2) is 5.78 Å². The molecule has 0 radical (unpaired) electrons. The lowest BCUT2D eigenvalue weighted by atomic mass is 9.85. The van der Waals surface area contributed by atoms with Crippen molar-refractivity contribution in [1.29, 1.82) is 0 Å². The van der Waals surface area contributed by atoms with Crippen molar-refractivity contribution in [2.24, 2.45) is 5.92 Å². The summed E-state index contributed by atoms with van der Waals surface area (Å²) in [6.45, 7) is 0. The molecule has 1 heteroatoms. The van der Waals surface area contributed by atoms with Gasteiger partial charge in [0.25, 0.3) is 0 Å². The normalized spacial score (nSPS) is 17.6. The molecule has 1 aliphatic carbocycles. The van der Waals surface area contributed by atoms with Crippen LogP contribution in [0.25, 0.3) is 10.8 Å². The van der Waals surface area contributed by atoms with E-state index in [0.29, 0.717) is 5.78 Å². The highest BCUT2D eigenvalue weighted by atomic mass is 16.1. The fourth-order valence-corrected chi connectivity index (χ4v) is 3.30. The Hall–Kier alpha value is -1.63. The number of benzene rings is 2. The van der Waals surface area contributed by atoms with E-state index in [9.17, 15) is 4.79 Å². The van der Waals surface area contributed by atoms with Crippen LogP contribution in [-0.2, 0) is 0 Å². The molecule has 0 spiro atoms. The number of ketones is 1. The Kier molecular flexibility index (Phi) is 4.15. The van der Waals surface area contributed by atoms with Gasteiger partial charge in [-0.25, -0.2) is 0 Å². The van der Waals surface area contributed by atoms with Crippen LogP contribution in [0.2, 0.25) is 0 Å². The van der Waals surface area contributed by atoms with Gasteiger partial charge < -0.3 is 0 Å². The minimum atomic E-state index is 0.247. The second kappa shape index (κ2) is 6.21. The topological polar surface area (TPSA) is 17.1 Å². The lowest BCUT2D eigenvalue weighted by Crippen LogP contribution is -2.16. The molecule has 0 N–H and O–H groups in total. The van der Waals surface area contributed by atoms with Crippen molar-refractivity contribution >= 4 is 16.6 Å². The summed E-state index contributed by atoms with van der Waals surface area (Å²) in [5.74, 6) is 0.606. The van der Waals surface area contributed by atoms with Gasteiger partial charge >= 0.3 is 0 Å². The Morgan fingerprint density at radius 1 is 0.800 bits per heavy atom. The average Bonchev–Trinajstić information content (AvgIpc) is 2.46. The second-order valence-corrected chi connectivity index (χ2v) is 5.97. The van der Waals surface area contributed by atoms with Gasteiger partial charge in [-0.05, 0) is 29.7 Å². The Balaban J connectivity index is 1.83. The summed E-state index contributed by atoms with van der Waals surface area (Å²) < 4.78 is 0. The van der Waals surface area contributed by atoms with Crippen molar-refractivity contribution in [2.75, 3.05) is 0 Å². The number of hydrogen-bond acceptors (Lipinski definition) is 1. The zero-order valence-corrected chi connectivity index (χ0v) is 12.0. The van der Waals surface area contributed by atoms with E-state index in [1.165, 1.54) is 42.9 Å². The minimum Gasteiger partial charge on any atom is -0.294 e. The fraction of sp³-hybridized carbons (Fsp3) is 0.421. The van der Waals surface area contributed by atoms with Gasteiger partial charge in [-0.2, -0.15) is 0 Å². The van der Waals surface area contributed by atoms with E-state index in [2.05, 4.69) is 24.3 Å². The van der Waals surface area contributed by atoms with E-state index in [1.807, 2.05) is 18.2 Å². The largest absolute Gasteiger partial charge is 0.294 e. The van der Waals surface area contributed by atoms with Crippen LogP contribution in [0.5, 0.6) is 0 Å². The standard InChI is InChI=1S/C19H22O/c20-19(16-9-4-2-1-3-5-10-16)18-13-12-15-8-6-7-11-17(15)14-18/h6-8,11-14,16H,1-5,9-10H2. The molecule has 1 fully saturated rings. The fourth-order valence-electron chi connectivity index (χ4n) is 3.30. The highest BCUT2D eigenvalue weighted by Crippen LogP contribution is 2.26. The molecule has 1 aliphatic rings. The maximum atomic E-state index is 12.7. The number of carbonyl (C=O) groups excluding carboxylic acids is 1. The SMILES string of the molecule is O=C(c1ccc2ccccc2c1)C1CCCCCCC1. The van der Waals surface area contributed by atoms with E-state index >= 15 is 0 Å². The Labute approximate surface area is 121 Å². The molecule has 3 rings (SSSR count). The van der Waals surface area contributed by atoms with Crippen molar-refractivity contribution in [3.8, 4) is 0 Å². The van der Waals surface area contributed by atoms with Crippen LogP contribution in [0, 0.1) is 5.92 Å². The molecule has 0 heterocycles. The average molecular weight is 266 g/mol. The predicted molar refractivity (Wildman–Crippen MR) is 84.1 cm³/mol. The van der Waals surface area contributed by atoms with Crippen LogP contribution in [0.1, 0.15) is 55.3 Å². The molecule has 104 valence electrons. The maximum absolute atomic E-state index is 12.7. The van der Waals surface area contributed by atoms with Crippen LogP contribution in [-0.4, -0.2) is 5.78 Å². The van der Waals surface area contributed by atoms with Crippen LogP contribution in [0.3, 0.4) is 0 Å². The predicted octanol–water partition coefficient (Wildman–Crippen LogP) is 5.38. The summed E-state index contributed by atoms with van der Waals surface area (Å²) >= 11 is 0. The molecule has 0 bridgehead atoms. The van der Waals surface area contributed by atoms with Crippen molar-refractivity contribution < 1.29 is 4.79 Å². The molecule has 0 unspecified atom stereocenters. The smallest absolute Gasteiger partial charge is 0.165 e. The van der Waals surface area contributed by atoms with Gasteiger partial charge in [-0.15, -0.1) is 0 Å². The van der Waals surface area contributed by atoms with Gasteiger partial charge in [0.05, 0.1) is 0 Å². The highest BCUT2D eigenvalue weighted by Gasteiger charge is 2.20. The molecule has 2 aromatic carbocycles. The van der Waals surface area contributed by atoms with Gasteiger partial charge in [0.2, 0.25) is 0 Å². The molecule has 0 aromatic heterocycles. The quantitative estimate of drug-likeness (QED) is 0.667. The lowest BCUT2D eigenvalue weighted by molar-refractivity contribution is 0.0898. The first-order valence-corrected chi connectivity index (χ1v) is 7.87. The first-order valence-electron chi connectivity index (χ1n) is 7.87. The number of rotatable bonds is 2. The molecule has 1 saturated carbocycles. The summed E-state index contributed by atoms with van der Waals surface area (Å²) in [5, 5.41) is 2.38. The van der Waals surface area contributed by atoms with E-state index in [0.717, 1.165) is 18.4 Å². The molecular formula is C19H22O. The zero-order chi connectivity index (χ0) is 13.8. The first kappa shape index (κ1) is 13.4. The summed E-state index contributed by atoms with van der Waals surface area (Å²) in [4.78, 5) is 12.7. The Morgan fingerprint density at radius 2 is 1.45 bits per heavy atom. The third-order valence-electron chi connectivity index (χ3n) is 4.51. The Morgan fingerprint density at radius 3 is 2.20 bits per heavy atom. The third-order valence-corrected chi connectivity index (χ3v) is 4.51. The summed E-state index contributed by atoms with van der Waals surface area (Å²) in [5.41, 5.74) is 0.897. The second-order valence-electron chi connectivity index (χ2n) is 5.97. The van der Waals surface area contributed by atoms with Crippen LogP contribution in [0.15, 0.2) is 42.5 Å². The number of Topliss-reactive ketones (excluding diaryl/α,β-unsaturated/α-hetero) is 1. The van der Waals surface area contributed by atoms with Gasteiger partial charge in [-0.1, -0.05) is 68.5 Å². The zero-order valence-electron chi connectivity index (χ0n) is 12.0. The van der Waals surface area contributed by atoms with E-state index < -0.39 is 0 Å². The number of carbonyl (C=O) groups is 1. The van der Waals surface area contributed by atoms with Gasteiger partial charge in [0.1, 0.15) is 0 Å². The van der Waals surface area contributed by atoms with E-state index in [1.54, 1.807) is 0 Å². The molecule has 0 atom stereocenters. The van der Waals surface area contributed by atoms with Gasteiger partial charge in [0, 0.05) is 11.5 Å². The van der Waals surface area contributed by atoms with Crippen molar-refractivity contribution in [3.63, 3.8) is 0 Å². The number of fused-ring (bicyclic) bond motifs is 1. The van der Waals surface area contributed by atoms with Gasteiger partial charge in [-0.3, -0.25) is 4.79 Å². The van der Waals surface area contributed by atoms with Crippen LogP contribution >= 0.6 is 0 Å². The molecule has 1 nitrogen and oxygen atoms in total. The van der Waals surface area contributed by atoms with Crippen LogP contribution < -0.4 is 0 Å². The molecule has 20 heavy (non-hydrogen) atoms. The maximum Gasteiger partial charge on any atom is 0.165 e. The number of hydrogen-bond donors (Lipinski definition) is 0. The summed E-state index contributed by atoms with van der Waals surface area (Å²) in [7, 11) is 0. The molecule has 2 aromatic rings. The minimum absolute atomic E-state index is 0.247. The first-order chi connectivity index (χ1) is 9.84.